The van der Waals surface area contributed by atoms with Gasteiger partial charge in [0.15, 0.2) is 0 Å². The molecule has 1 aliphatic heterocycles. The van der Waals surface area contributed by atoms with Gasteiger partial charge in [0.1, 0.15) is 29.9 Å². The molecule has 1 fully saturated rings. The van der Waals surface area contributed by atoms with Crippen molar-refractivity contribution in [3.8, 4) is 11.5 Å². The van der Waals surface area contributed by atoms with Crippen molar-refractivity contribution in [2.24, 2.45) is 0 Å². The number of rotatable bonds is 8. The number of amides is 1. The van der Waals surface area contributed by atoms with Crippen molar-refractivity contribution in [2.45, 2.75) is 19.6 Å². The van der Waals surface area contributed by atoms with Crippen LogP contribution in [0.15, 0.2) is 103 Å². The lowest BCUT2D eigenvalue weighted by atomic mass is 9.98. The van der Waals surface area contributed by atoms with Gasteiger partial charge in [0, 0.05) is 17.4 Å². The summed E-state index contributed by atoms with van der Waals surface area (Å²) in [5.41, 5.74) is 1.96. The van der Waals surface area contributed by atoms with Crippen LogP contribution in [0.4, 0.5) is 5.69 Å². The minimum absolute atomic E-state index is 0.112. The SMILES string of the molecule is CCOc1ccc(Cl)c(/C(O)=C2\C(=O)C(=O)N(c3ccc(OCc4ccccc4)cc3)C2c2ccccn2)c1. The molecule has 4 aromatic rings. The Morgan fingerprint density at radius 1 is 0.923 bits per heavy atom. The first-order valence-electron chi connectivity index (χ1n) is 12.4. The van der Waals surface area contributed by atoms with Gasteiger partial charge in [-0.15, -0.1) is 0 Å². The number of anilines is 1. The number of hydrogen-bond donors (Lipinski definition) is 1. The molecule has 1 N–H and O–H groups in total. The third-order valence-corrected chi connectivity index (χ3v) is 6.61. The maximum atomic E-state index is 13.4. The van der Waals surface area contributed by atoms with Gasteiger partial charge in [0.2, 0.25) is 0 Å². The molecular formula is C31H25ClN2O5. The number of Topliss-reactive ketones (excluding diaryl/α,β-unsaturated/α-hetero) is 1. The minimum Gasteiger partial charge on any atom is -0.507 e. The molecule has 1 unspecified atom stereocenters. The van der Waals surface area contributed by atoms with Crippen molar-refractivity contribution < 1.29 is 24.2 Å². The van der Waals surface area contributed by atoms with E-state index in [4.69, 9.17) is 21.1 Å². The van der Waals surface area contributed by atoms with Crippen LogP contribution >= 0.6 is 11.6 Å². The van der Waals surface area contributed by atoms with Gasteiger partial charge >= 0.3 is 0 Å². The fourth-order valence-corrected chi connectivity index (χ4v) is 4.65. The summed E-state index contributed by atoms with van der Waals surface area (Å²) in [6, 6.07) is 25.6. The van der Waals surface area contributed by atoms with Gasteiger partial charge in [-0.2, -0.15) is 0 Å². The molecular weight excluding hydrogens is 516 g/mol. The van der Waals surface area contributed by atoms with Gasteiger partial charge in [0.25, 0.3) is 11.7 Å². The van der Waals surface area contributed by atoms with Crippen LogP contribution in [0.25, 0.3) is 5.76 Å². The lowest BCUT2D eigenvalue weighted by Crippen LogP contribution is -2.29. The van der Waals surface area contributed by atoms with Gasteiger partial charge in [-0.1, -0.05) is 48.0 Å². The highest BCUT2D eigenvalue weighted by molar-refractivity contribution is 6.52. The van der Waals surface area contributed by atoms with Crippen molar-refractivity contribution in [1.82, 2.24) is 4.98 Å². The smallest absolute Gasteiger partial charge is 0.300 e. The Morgan fingerprint density at radius 2 is 1.64 bits per heavy atom. The largest absolute Gasteiger partial charge is 0.507 e. The molecule has 8 heteroatoms. The first kappa shape index (κ1) is 26.0. The van der Waals surface area contributed by atoms with Crippen molar-refractivity contribution in [2.75, 3.05) is 11.5 Å². The summed E-state index contributed by atoms with van der Waals surface area (Å²) in [4.78, 5) is 32.5. The highest BCUT2D eigenvalue weighted by atomic mass is 35.5. The van der Waals surface area contributed by atoms with Crippen LogP contribution in [0.2, 0.25) is 5.02 Å². The van der Waals surface area contributed by atoms with Crippen LogP contribution in [0.1, 0.15) is 29.8 Å². The molecule has 1 aromatic heterocycles. The number of halogens is 1. The lowest BCUT2D eigenvalue weighted by Gasteiger charge is -2.25. The molecule has 0 bridgehead atoms. The zero-order valence-corrected chi connectivity index (χ0v) is 21.8. The number of aliphatic hydroxyl groups is 1. The lowest BCUT2D eigenvalue weighted by molar-refractivity contribution is -0.132. The summed E-state index contributed by atoms with van der Waals surface area (Å²) >= 11 is 6.40. The van der Waals surface area contributed by atoms with E-state index in [2.05, 4.69) is 4.98 Å². The molecule has 2 heterocycles. The molecule has 0 saturated carbocycles. The average Bonchev–Trinajstić information content (AvgIpc) is 3.24. The van der Waals surface area contributed by atoms with Gasteiger partial charge < -0.3 is 14.6 Å². The number of pyridine rings is 1. The molecule has 1 amide bonds. The standard InChI is InChI=1S/C31H25ClN2O5/c1-2-38-23-15-16-25(32)24(18-23)29(35)27-28(26-10-6-7-17-33-26)34(31(37)30(27)36)21-11-13-22(14-12-21)39-19-20-8-4-3-5-9-20/h3-18,28,35H,2,19H2,1H3/b29-27+. The van der Waals surface area contributed by atoms with E-state index in [0.29, 0.717) is 36.1 Å². The van der Waals surface area contributed by atoms with E-state index in [-0.39, 0.29) is 16.2 Å². The number of aromatic nitrogens is 1. The van der Waals surface area contributed by atoms with Crippen molar-refractivity contribution >= 4 is 34.7 Å². The van der Waals surface area contributed by atoms with Crippen LogP contribution in [-0.2, 0) is 16.2 Å². The zero-order valence-electron chi connectivity index (χ0n) is 21.1. The molecule has 0 radical (unpaired) electrons. The second kappa shape index (κ2) is 11.4. The Bertz CT molecular complexity index is 1520. The summed E-state index contributed by atoms with van der Waals surface area (Å²) < 4.78 is 11.4. The normalized spacial score (nSPS) is 16.4. The molecule has 1 atom stereocenters. The second-order valence-corrected chi connectivity index (χ2v) is 9.17. The van der Waals surface area contributed by atoms with Crippen LogP contribution in [0, 0.1) is 0 Å². The zero-order chi connectivity index (χ0) is 27.4. The predicted octanol–water partition coefficient (Wildman–Crippen LogP) is 6.34. The summed E-state index contributed by atoms with van der Waals surface area (Å²) in [5, 5.41) is 11.6. The maximum Gasteiger partial charge on any atom is 0.300 e. The molecule has 1 aliphatic rings. The highest BCUT2D eigenvalue weighted by Crippen LogP contribution is 2.43. The molecule has 196 valence electrons. The molecule has 0 aliphatic carbocycles. The van der Waals surface area contributed by atoms with Crippen molar-refractivity contribution in [1.29, 1.82) is 0 Å². The maximum absolute atomic E-state index is 13.4. The first-order chi connectivity index (χ1) is 19.0. The number of aliphatic hydroxyl groups excluding tert-OH is 1. The predicted molar refractivity (Wildman–Crippen MR) is 149 cm³/mol. The third-order valence-electron chi connectivity index (χ3n) is 6.28. The fourth-order valence-electron chi connectivity index (χ4n) is 4.45. The van der Waals surface area contributed by atoms with Gasteiger partial charge in [-0.25, -0.2) is 0 Å². The number of ketones is 1. The number of carbonyl (C=O) groups excluding carboxylic acids is 2. The number of hydrogen-bond acceptors (Lipinski definition) is 6. The number of benzene rings is 3. The van der Waals surface area contributed by atoms with Crippen molar-refractivity contribution in [3.05, 3.63) is 125 Å². The summed E-state index contributed by atoms with van der Waals surface area (Å²) in [6.07, 6.45) is 1.57. The topological polar surface area (TPSA) is 89.0 Å². The Kier molecular flexibility index (Phi) is 7.61. The quantitative estimate of drug-likeness (QED) is 0.159. The fraction of sp³-hybridized carbons (Fsp3) is 0.129. The van der Waals surface area contributed by atoms with Gasteiger partial charge in [-0.05, 0) is 67.1 Å². The minimum atomic E-state index is -0.978. The summed E-state index contributed by atoms with van der Waals surface area (Å²) in [6.45, 7) is 2.63. The second-order valence-electron chi connectivity index (χ2n) is 8.77. The molecule has 39 heavy (non-hydrogen) atoms. The number of carbonyl (C=O) groups is 2. The summed E-state index contributed by atoms with van der Waals surface area (Å²) in [5.74, 6) is -0.959. The van der Waals surface area contributed by atoms with E-state index in [1.54, 1.807) is 66.9 Å². The Labute approximate surface area is 230 Å². The Hall–Kier alpha value is -4.62. The Balaban J connectivity index is 1.54. The first-order valence-corrected chi connectivity index (χ1v) is 12.8. The van der Waals surface area contributed by atoms with Crippen LogP contribution in [-0.4, -0.2) is 28.4 Å². The van der Waals surface area contributed by atoms with Crippen LogP contribution in [0.3, 0.4) is 0 Å². The monoisotopic (exact) mass is 540 g/mol. The molecule has 7 nitrogen and oxygen atoms in total. The molecule has 3 aromatic carbocycles. The third kappa shape index (κ3) is 5.35. The van der Waals surface area contributed by atoms with Crippen LogP contribution in [0.5, 0.6) is 11.5 Å². The van der Waals surface area contributed by atoms with Crippen molar-refractivity contribution in [3.63, 3.8) is 0 Å². The van der Waals surface area contributed by atoms with E-state index < -0.39 is 23.5 Å². The van der Waals surface area contributed by atoms with Gasteiger partial charge in [-0.3, -0.25) is 19.5 Å². The van der Waals surface area contributed by atoms with Crippen LogP contribution < -0.4 is 14.4 Å². The van der Waals surface area contributed by atoms with Gasteiger partial charge in [0.05, 0.1) is 22.9 Å². The molecule has 0 spiro atoms. The molecule has 5 rings (SSSR count). The number of nitrogens with zero attached hydrogens (tertiary/aromatic N) is 2. The highest BCUT2D eigenvalue weighted by Gasteiger charge is 2.47. The molecule has 1 saturated heterocycles. The summed E-state index contributed by atoms with van der Waals surface area (Å²) in [7, 11) is 0. The van der Waals surface area contributed by atoms with E-state index in [9.17, 15) is 14.7 Å². The average molecular weight is 541 g/mol. The van der Waals surface area contributed by atoms with E-state index in [0.717, 1.165) is 5.56 Å². The van der Waals surface area contributed by atoms with E-state index in [1.165, 1.54) is 4.90 Å². The van der Waals surface area contributed by atoms with E-state index >= 15 is 0 Å². The van der Waals surface area contributed by atoms with E-state index in [1.807, 2.05) is 37.3 Å². The Morgan fingerprint density at radius 3 is 2.33 bits per heavy atom. The number of ether oxygens (including phenoxy) is 2.